The van der Waals surface area contributed by atoms with E-state index in [0.717, 1.165) is 16.5 Å². The Kier molecular flexibility index (Phi) is 4.50. The first kappa shape index (κ1) is 18.4. The zero-order chi connectivity index (χ0) is 20.0. The van der Waals surface area contributed by atoms with Crippen LogP contribution in [0.1, 0.15) is 32.5 Å². The van der Waals surface area contributed by atoms with Gasteiger partial charge in [0, 0.05) is 19.0 Å². The molecule has 4 rings (SSSR count). The van der Waals surface area contributed by atoms with Crippen molar-refractivity contribution in [3.05, 3.63) is 52.2 Å². The zero-order valence-corrected chi connectivity index (χ0v) is 16.5. The summed E-state index contributed by atoms with van der Waals surface area (Å²) < 4.78 is 0. The number of carbonyl (C=O) groups is 2. The van der Waals surface area contributed by atoms with Gasteiger partial charge in [-0.1, -0.05) is 30.3 Å². The summed E-state index contributed by atoms with van der Waals surface area (Å²) in [7, 11) is 0. The maximum absolute atomic E-state index is 13.3. The van der Waals surface area contributed by atoms with Gasteiger partial charge >= 0.3 is 0 Å². The molecule has 1 aromatic carbocycles. The summed E-state index contributed by atoms with van der Waals surface area (Å²) in [6.45, 7) is 4.39. The molecule has 28 heavy (non-hydrogen) atoms. The number of benzene rings is 1. The van der Waals surface area contributed by atoms with E-state index in [2.05, 4.69) is 9.97 Å². The SMILES string of the molecule is Cc1nc(N)c2c(C)c(C(=O)N3C[C@H](C(N)=O)[C@@H](c4ccccc4)C3)sc2n1. The Morgan fingerprint density at radius 1 is 1.14 bits per heavy atom. The Hall–Kier alpha value is -3.00. The number of hydrogen-bond donors (Lipinski definition) is 2. The van der Waals surface area contributed by atoms with Crippen LogP contribution in [-0.2, 0) is 4.79 Å². The quantitative estimate of drug-likeness (QED) is 0.706. The molecule has 3 aromatic rings. The van der Waals surface area contributed by atoms with Crippen molar-refractivity contribution in [3.63, 3.8) is 0 Å². The minimum absolute atomic E-state index is 0.107. The maximum atomic E-state index is 13.3. The van der Waals surface area contributed by atoms with Gasteiger partial charge in [0.05, 0.1) is 16.2 Å². The number of nitrogen functional groups attached to an aromatic ring is 1. The number of nitrogens with two attached hydrogens (primary N) is 2. The van der Waals surface area contributed by atoms with Crippen molar-refractivity contribution in [2.24, 2.45) is 11.7 Å². The van der Waals surface area contributed by atoms with Gasteiger partial charge in [0.2, 0.25) is 5.91 Å². The van der Waals surface area contributed by atoms with Crippen molar-refractivity contribution in [2.45, 2.75) is 19.8 Å². The average Bonchev–Trinajstić information content (AvgIpc) is 3.24. The van der Waals surface area contributed by atoms with Crippen molar-refractivity contribution in [2.75, 3.05) is 18.8 Å². The first-order valence-corrected chi connectivity index (χ1v) is 9.85. The van der Waals surface area contributed by atoms with Gasteiger partial charge in [0.15, 0.2) is 0 Å². The summed E-state index contributed by atoms with van der Waals surface area (Å²) in [5.41, 5.74) is 13.5. The van der Waals surface area contributed by atoms with E-state index in [4.69, 9.17) is 11.5 Å². The van der Waals surface area contributed by atoms with Crippen LogP contribution in [0.25, 0.3) is 10.2 Å². The highest BCUT2D eigenvalue weighted by atomic mass is 32.1. The molecule has 0 unspecified atom stereocenters. The molecule has 8 heteroatoms. The molecule has 0 spiro atoms. The minimum Gasteiger partial charge on any atom is -0.383 e. The molecule has 7 nitrogen and oxygen atoms in total. The van der Waals surface area contributed by atoms with E-state index in [1.165, 1.54) is 11.3 Å². The van der Waals surface area contributed by atoms with Crippen molar-refractivity contribution in [1.29, 1.82) is 0 Å². The number of thiophene rings is 1. The second-order valence-electron chi connectivity index (χ2n) is 7.13. The Morgan fingerprint density at radius 2 is 1.86 bits per heavy atom. The molecule has 1 saturated heterocycles. The van der Waals surface area contributed by atoms with Gasteiger partial charge < -0.3 is 16.4 Å². The van der Waals surface area contributed by atoms with Gasteiger partial charge in [0.25, 0.3) is 5.91 Å². The number of nitrogens with zero attached hydrogens (tertiary/aromatic N) is 3. The van der Waals surface area contributed by atoms with Crippen molar-refractivity contribution < 1.29 is 9.59 Å². The summed E-state index contributed by atoms with van der Waals surface area (Å²) in [6, 6.07) is 9.72. The standard InChI is InChI=1S/C20H21N5O2S/c1-10-15-17(21)23-11(2)24-19(15)28-16(10)20(27)25-8-13(14(9-25)18(22)26)12-6-4-3-5-7-12/h3-7,13-14H,8-9H2,1-2H3,(H2,22,26)(H2,21,23,24)/t13-,14+/m1/s1. The van der Waals surface area contributed by atoms with Crippen LogP contribution in [0.3, 0.4) is 0 Å². The molecule has 3 heterocycles. The van der Waals surface area contributed by atoms with Gasteiger partial charge in [-0.2, -0.15) is 0 Å². The third-order valence-corrected chi connectivity index (χ3v) is 6.50. The molecular weight excluding hydrogens is 374 g/mol. The molecule has 144 valence electrons. The Labute approximate surface area is 166 Å². The van der Waals surface area contributed by atoms with E-state index in [9.17, 15) is 9.59 Å². The molecule has 4 N–H and O–H groups in total. The number of amides is 2. The fourth-order valence-electron chi connectivity index (χ4n) is 3.92. The topological polar surface area (TPSA) is 115 Å². The summed E-state index contributed by atoms with van der Waals surface area (Å²) in [5.74, 6) is -0.0685. The van der Waals surface area contributed by atoms with E-state index >= 15 is 0 Å². The lowest BCUT2D eigenvalue weighted by Crippen LogP contribution is -2.31. The molecule has 1 aliphatic rings. The number of anilines is 1. The highest BCUT2D eigenvalue weighted by Gasteiger charge is 2.40. The number of aryl methyl sites for hydroxylation is 2. The summed E-state index contributed by atoms with van der Waals surface area (Å²) in [4.78, 5) is 36.9. The molecule has 2 atom stereocenters. The number of hydrogen-bond acceptors (Lipinski definition) is 6. The van der Waals surface area contributed by atoms with Crippen LogP contribution in [-0.4, -0.2) is 39.8 Å². The first-order valence-electron chi connectivity index (χ1n) is 9.03. The van der Waals surface area contributed by atoms with E-state index in [1.54, 1.807) is 11.8 Å². The highest BCUT2D eigenvalue weighted by Crippen LogP contribution is 2.37. The van der Waals surface area contributed by atoms with Crippen LogP contribution >= 0.6 is 11.3 Å². The van der Waals surface area contributed by atoms with E-state index < -0.39 is 5.92 Å². The molecule has 0 radical (unpaired) electrons. The monoisotopic (exact) mass is 395 g/mol. The minimum atomic E-state index is -0.409. The van der Waals surface area contributed by atoms with E-state index in [0.29, 0.717) is 34.4 Å². The van der Waals surface area contributed by atoms with Gasteiger partial charge in [-0.05, 0) is 25.0 Å². The third kappa shape index (κ3) is 2.99. The lowest BCUT2D eigenvalue weighted by Gasteiger charge is -2.16. The van der Waals surface area contributed by atoms with Crippen molar-refractivity contribution in [1.82, 2.24) is 14.9 Å². The Morgan fingerprint density at radius 3 is 2.54 bits per heavy atom. The number of primary amides is 1. The molecular formula is C20H21N5O2S. The number of carbonyl (C=O) groups excluding carboxylic acids is 2. The summed E-state index contributed by atoms with van der Waals surface area (Å²) in [6.07, 6.45) is 0. The molecule has 1 fully saturated rings. The van der Waals surface area contributed by atoms with E-state index in [-0.39, 0.29) is 17.7 Å². The smallest absolute Gasteiger partial charge is 0.264 e. The van der Waals surface area contributed by atoms with Crippen molar-refractivity contribution >= 4 is 39.2 Å². The van der Waals surface area contributed by atoms with Crippen LogP contribution in [0.5, 0.6) is 0 Å². The average molecular weight is 395 g/mol. The van der Waals surface area contributed by atoms with Gasteiger partial charge in [-0.25, -0.2) is 9.97 Å². The van der Waals surface area contributed by atoms with Gasteiger partial charge in [-0.15, -0.1) is 11.3 Å². The molecule has 0 bridgehead atoms. The predicted molar refractivity (Wildman–Crippen MR) is 109 cm³/mol. The molecule has 1 aliphatic heterocycles. The Balaban J connectivity index is 1.69. The van der Waals surface area contributed by atoms with Gasteiger partial charge in [-0.3, -0.25) is 9.59 Å². The molecule has 2 amide bonds. The van der Waals surface area contributed by atoms with Crippen LogP contribution < -0.4 is 11.5 Å². The molecule has 0 saturated carbocycles. The summed E-state index contributed by atoms with van der Waals surface area (Å²) >= 11 is 1.32. The number of fused-ring (bicyclic) bond motifs is 1. The second kappa shape index (κ2) is 6.87. The highest BCUT2D eigenvalue weighted by molar-refractivity contribution is 7.20. The molecule has 0 aliphatic carbocycles. The number of aromatic nitrogens is 2. The van der Waals surface area contributed by atoms with Gasteiger partial charge in [0.1, 0.15) is 16.5 Å². The predicted octanol–water partition coefficient (Wildman–Crippen LogP) is 2.23. The van der Waals surface area contributed by atoms with Crippen LogP contribution in [0.2, 0.25) is 0 Å². The van der Waals surface area contributed by atoms with E-state index in [1.807, 2.05) is 37.3 Å². The zero-order valence-electron chi connectivity index (χ0n) is 15.7. The lowest BCUT2D eigenvalue weighted by molar-refractivity contribution is -0.121. The maximum Gasteiger partial charge on any atom is 0.264 e. The largest absolute Gasteiger partial charge is 0.383 e. The second-order valence-corrected chi connectivity index (χ2v) is 8.13. The summed E-state index contributed by atoms with van der Waals surface area (Å²) in [5, 5.41) is 0.726. The molecule has 2 aromatic heterocycles. The third-order valence-electron chi connectivity index (χ3n) is 5.32. The van der Waals surface area contributed by atoms with Crippen LogP contribution in [0.15, 0.2) is 30.3 Å². The fourth-order valence-corrected chi connectivity index (χ4v) is 5.13. The van der Waals surface area contributed by atoms with Crippen LogP contribution in [0, 0.1) is 19.8 Å². The van der Waals surface area contributed by atoms with Crippen molar-refractivity contribution in [3.8, 4) is 0 Å². The number of likely N-dealkylation sites (tertiary alicyclic amines) is 1. The number of rotatable bonds is 3. The normalized spacial score (nSPS) is 19.3. The van der Waals surface area contributed by atoms with Crippen LogP contribution in [0.4, 0.5) is 5.82 Å². The lowest BCUT2D eigenvalue weighted by atomic mass is 9.89. The fraction of sp³-hybridized carbons (Fsp3) is 0.300. The first-order chi connectivity index (χ1) is 13.4. The Bertz CT molecular complexity index is 1080.